The Morgan fingerprint density at radius 2 is 0.658 bits per heavy atom. The summed E-state index contributed by atoms with van der Waals surface area (Å²) in [6.45, 7) is 11.6. The Kier molecular flexibility index (Phi) is 60.9. The standard InChI is InChI=1S/C67H139N2O6PS3/c1-7-11-15-19-23-25-27-35-43-51-63-77-66(54-45-37-29-21-17-13-9-3)56-47-39-31-33-41-49-61-74-76(70,68-58-60-69(5,6)59-53-65-79(71,72)73)75-62-50-42-34-32-40-48-57-67(55-46-38-30-22-18-14-10-4)78-64-52-44-36-28-26-24-20-16-12-8-2/h66-67H,7-65H2,1-6H3,(H-,68,70,71,72,73). The van der Waals surface area contributed by atoms with Gasteiger partial charge in [-0.05, 0) is 62.9 Å². The summed E-state index contributed by atoms with van der Waals surface area (Å²) in [5.41, 5.74) is 0. The molecule has 0 aliphatic rings. The van der Waals surface area contributed by atoms with Crippen molar-refractivity contribution in [2.45, 2.75) is 366 Å². The van der Waals surface area contributed by atoms with Gasteiger partial charge in [-0.25, -0.2) is 18.1 Å². The van der Waals surface area contributed by atoms with Gasteiger partial charge in [-0.2, -0.15) is 23.5 Å². The smallest absolute Gasteiger partial charge is 0.405 e. The molecule has 0 saturated heterocycles. The van der Waals surface area contributed by atoms with Gasteiger partial charge >= 0.3 is 7.75 Å². The van der Waals surface area contributed by atoms with Gasteiger partial charge in [0.25, 0.3) is 0 Å². The maximum Gasteiger partial charge on any atom is 0.405 e. The highest BCUT2D eigenvalue weighted by Crippen LogP contribution is 2.44. The van der Waals surface area contributed by atoms with E-state index in [4.69, 9.17) is 9.05 Å². The van der Waals surface area contributed by atoms with E-state index in [1.165, 1.54) is 307 Å². The summed E-state index contributed by atoms with van der Waals surface area (Å²) in [5, 5.41) is 4.81. The molecule has 0 aromatic rings. The Labute approximate surface area is 504 Å². The second-order valence-electron chi connectivity index (χ2n) is 25.1. The van der Waals surface area contributed by atoms with E-state index in [0.29, 0.717) is 43.8 Å². The quantitative estimate of drug-likeness (QED) is 0.0276. The highest BCUT2D eigenvalue weighted by molar-refractivity contribution is 8.00. The van der Waals surface area contributed by atoms with E-state index in [0.717, 1.165) is 36.2 Å². The van der Waals surface area contributed by atoms with Gasteiger partial charge in [-0.3, -0.25) is 9.05 Å². The van der Waals surface area contributed by atoms with Crippen LogP contribution in [-0.2, 0) is 23.7 Å². The van der Waals surface area contributed by atoms with Gasteiger partial charge in [0.1, 0.15) is 0 Å². The van der Waals surface area contributed by atoms with Gasteiger partial charge in [-0.15, -0.1) is 0 Å². The molecule has 0 rings (SSSR count). The van der Waals surface area contributed by atoms with Crippen LogP contribution in [0.4, 0.5) is 0 Å². The summed E-state index contributed by atoms with van der Waals surface area (Å²) >= 11 is 4.57. The van der Waals surface area contributed by atoms with Gasteiger partial charge in [0.15, 0.2) is 0 Å². The van der Waals surface area contributed by atoms with Crippen molar-refractivity contribution in [3.05, 3.63) is 0 Å². The summed E-state index contributed by atoms with van der Waals surface area (Å²) in [6, 6.07) is 0. The number of nitrogens with one attached hydrogen (secondary N) is 1. The molecule has 79 heavy (non-hydrogen) atoms. The maximum absolute atomic E-state index is 14.1. The monoisotopic (exact) mass is 1190 g/mol. The number of unbranched alkanes of at least 4 members (excludes halogenated alkanes) is 40. The average molecular weight is 1200 g/mol. The Morgan fingerprint density at radius 1 is 0.392 bits per heavy atom. The predicted octanol–water partition coefficient (Wildman–Crippen LogP) is 22.5. The van der Waals surface area contributed by atoms with Crippen LogP contribution in [0.3, 0.4) is 0 Å². The van der Waals surface area contributed by atoms with Crippen molar-refractivity contribution < 1.29 is 31.1 Å². The lowest BCUT2D eigenvalue weighted by Gasteiger charge is -2.30. The third kappa shape index (κ3) is 61.6. The number of thioether (sulfide) groups is 2. The second kappa shape index (κ2) is 60.4. The molecule has 2 atom stereocenters. The average Bonchev–Trinajstić information content (AvgIpc) is 3.41. The number of likely N-dealkylation sites (N-methyl/N-ethyl adjacent to an activating group) is 1. The van der Waals surface area contributed by atoms with Crippen LogP contribution in [0.15, 0.2) is 0 Å². The van der Waals surface area contributed by atoms with Crippen molar-refractivity contribution in [1.82, 2.24) is 5.09 Å². The Morgan fingerprint density at radius 3 is 0.949 bits per heavy atom. The molecule has 8 nitrogen and oxygen atoms in total. The molecule has 0 saturated carbocycles. The van der Waals surface area contributed by atoms with Crippen LogP contribution in [0, 0.1) is 0 Å². The molecule has 0 amide bonds. The number of nitrogens with zero attached hydrogens (tertiary/aromatic N) is 1. The first-order valence-corrected chi connectivity index (χ1v) is 40.2. The van der Waals surface area contributed by atoms with Crippen molar-refractivity contribution in [1.29, 1.82) is 0 Å². The van der Waals surface area contributed by atoms with Crippen molar-refractivity contribution in [3.8, 4) is 0 Å². The first-order chi connectivity index (χ1) is 38.4. The van der Waals surface area contributed by atoms with Gasteiger partial charge in [0.05, 0.1) is 57.1 Å². The van der Waals surface area contributed by atoms with Crippen LogP contribution >= 0.6 is 31.3 Å². The molecule has 2 unspecified atom stereocenters. The van der Waals surface area contributed by atoms with E-state index in [-0.39, 0.29) is 5.75 Å². The molecule has 12 heteroatoms. The molecule has 0 heterocycles. The van der Waals surface area contributed by atoms with Crippen LogP contribution in [0.1, 0.15) is 355 Å². The normalized spacial score (nSPS) is 13.9. The zero-order valence-electron chi connectivity index (χ0n) is 53.9. The van der Waals surface area contributed by atoms with Crippen molar-refractivity contribution >= 4 is 41.4 Å². The highest BCUT2D eigenvalue weighted by atomic mass is 32.2. The summed E-state index contributed by atoms with van der Waals surface area (Å²) < 4.78 is 60.5. The molecule has 476 valence electrons. The van der Waals surface area contributed by atoms with E-state index < -0.39 is 17.9 Å². The molecule has 0 spiro atoms. The maximum atomic E-state index is 14.1. The minimum absolute atomic E-state index is 0.306. The molecule has 0 fully saturated rings. The van der Waals surface area contributed by atoms with Gasteiger partial charge in [-0.1, -0.05) is 297 Å². The van der Waals surface area contributed by atoms with E-state index in [2.05, 4.69) is 56.3 Å². The topological polar surface area (TPSA) is 105 Å². The lowest BCUT2D eigenvalue weighted by Crippen LogP contribution is -2.45. The number of quaternary nitrogens is 1. The van der Waals surface area contributed by atoms with Crippen molar-refractivity contribution in [3.63, 3.8) is 0 Å². The van der Waals surface area contributed by atoms with E-state index in [9.17, 15) is 17.5 Å². The van der Waals surface area contributed by atoms with Gasteiger partial charge in [0.2, 0.25) is 0 Å². The van der Waals surface area contributed by atoms with E-state index in [1.54, 1.807) is 0 Å². The fourth-order valence-electron chi connectivity index (χ4n) is 11.1. The van der Waals surface area contributed by atoms with Crippen LogP contribution in [0.2, 0.25) is 0 Å². The second-order valence-corrected chi connectivity index (χ2v) is 31.2. The Hall–Kier alpha value is 0.680. The fraction of sp³-hybridized carbons (Fsp3) is 1.00. The van der Waals surface area contributed by atoms with Crippen LogP contribution < -0.4 is 5.09 Å². The summed E-state index contributed by atoms with van der Waals surface area (Å²) in [4.78, 5) is 0. The molecule has 0 aliphatic heterocycles. The van der Waals surface area contributed by atoms with Crippen LogP contribution in [0.5, 0.6) is 0 Å². The van der Waals surface area contributed by atoms with Crippen molar-refractivity contribution in [2.75, 3.05) is 64.2 Å². The molecule has 1 N–H and O–H groups in total. The molecule has 0 aliphatic carbocycles. The SMILES string of the molecule is CCCCCCCCCCCCSC(CCCCCCCCC)CCCCCCCCOP(=O)(NCC[N+](C)(C)CCCS(=O)(=O)[O-])OCCCCCCCCC(CCCCCCCCC)SCCCCCCCCCCCC. The molecule has 0 aromatic heterocycles. The fourth-order valence-corrected chi connectivity index (χ4v) is 15.7. The predicted molar refractivity (Wildman–Crippen MR) is 355 cm³/mol. The lowest BCUT2D eigenvalue weighted by atomic mass is 10.0. The minimum Gasteiger partial charge on any atom is -0.748 e. The molecular weight excluding hydrogens is 1060 g/mol. The number of rotatable bonds is 68. The summed E-state index contributed by atoms with van der Waals surface area (Å²) in [5.74, 6) is 2.32. The van der Waals surface area contributed by atoms with Gasteiger partial charge < -0.3 is 9.04 Å². The van der Waals surface area contributed by atoms with Crippen molar-refractivity contribution in [2.24, 2.45) is 0 Å². The third-order valence-corrected chi connectivity index (χ3v) is 21.9. The highest BCUT2D eigenvalue weighted by Gasteiger charge is 2.26. The number of hydrogen-bond donors (Lipinski definition) is 1. The van der Waals surface area contributed by atoms with E-state index >= 15 is 0 Å². The molecule has 0 aromatic carbocycles. The first-order valence-electron chi connectivity index (χ1n) is 35.0. The molecular formula is C67H139N2O6PS3. The number of hydrogen-bond acceptors (Lipinski definition) is 8. The minimum atomic E-state index is -4.24. The third-order valence-electron chi connectivity index (χ3n) is 16.5. The van der Waals surface area contributed by atoms with E-state index in [1.807, 2.05) is 14.1 Å². The zero-order valence-corrected chi connectivity index (χ0v) is 57.3. The molecule has 0 radical (unpaired) electrons. The Balaban J connectivity index is 4.88. The van der Waals surface area contributed by atoms with Crippen LogP contribution in [-0.4, -0.2) is 92.2 Å². The van der Waals surface area contributed by atoms with Gasteiger partial charge in [0, 0.05) is 22.7 Å². The van der Waals surface area contributed by atoms with Crippen LogP contribution in [0.25, 0.3) is 0 Å². The Bertz CT molecular complexity index is 1310. The lowest BCUT2D eigenvalue weighted by molar-refractivity contribution is -0.889. The molecule has 0 bridgehead atoms. The summed E-state index contributed by atoms with van der Waals surface area (Å²) in [6.07, 6.45) is 67.5. The summed E-state index contributed by atoms with van der Waals surface area (Å²) in [7, 11) is -3.73. The first kappa shape index (κ1) is 79.7. The largest absolute Gasteiger partial charge is 0.748 e. The zero-order chi connectivity index (χ0) is 57.9.